The van der Waals surface area contributed by atoms with Gasteiger partial charge in [-0.15, -0.1) is 0 Å². The summed E-state index contributed by atoms with van der Waals surface area (Å²) < 4.78 is 5.31. The zero-order valence-electron chi connectivity index (χ0n) is 9.96. The van der Waals surface area contributed by atoms with E-state index < -0.39 is 0 Å². The smallest absolute Gasteiger partial charge is 0.410 e. The van der Waals surface area contributed by atoms with Crippen LogP contribution in [-0.2, 0) is 4.74 Å². The number of amides is 1. The van der Waals surface area contributed by atoms with Crippen LogP contribution in [0.25, 0.3) is 0 Å². The second-order valence-electron chi connectivity index (χ2n) is 5.80. The fourth-order valence-electron chi connectivity index (χ4n) is 2.15. The molecule has 15 heavy (non-hydrogen) atoms. The summed E-state index contributed by atoms with van der Waals surface area (Å²) in [5.41, 5.74) is -0.0414. The first-order valence-corrected chi connectivity index (χ1v) is 5.54. The van der Waals surface area contributed by atoms with E-state index in [1.165, 1.54) is 0 Å². The number of hydrogen-bond donors (Lipinski definition) is 1. The Morgan fingerprint density at radius 2 is 2.07 bits per heavy atom. The number of likely N-dealkylation sites (tertiary alicyclic amines) is 1. The Labute approximate surface area is 91.0 Å². The van der Waals surface area contributed by atoms with Gasteiger partial charge >= 0.3 is 6.09 Å². The number of carbonyl (C=O) groups excluding carboxylic acids is 1. The number of nitrogens with one attached hydrogen (secondary N) is 1. The third-order valence-corrected chi connectivity index (χ3v) is 3.34. The van der Waals surface area contributed by atoms with E-state index in [-0.39, 0.29) is 11.7 Å². The van der Waals surface area contributed by atoms with Gasteiger partial charge in [0.2, 0.25) is 0 Å². The van der Waals surface area contributed by atoms with Crippen LogP contribution < -0.4 is 5.32 Å². The maximum Gasteiger partial charge on any atom is 0.410 e. The van der Waals surface area contributed by atoms with E-state index in [2.05, 4.69) is 12.2 Å². The molecule has 1 N–H and O–H groups in total. The van der Waals surface area contributed by atoms with Gasteiger partial charge in [-0.3, -0.25) is 0 Å². The van der Waals surface area contributed by atoms with Gasteiger partial charge in [0.25, 0.3) is 0 Å². The number of ether oxygens (including phenoxy) is 1. The molecule has 0 aromatic carbocycles. The van der Waals surface area contributed by atoms with E-state index >= 15 is 0 Å². The van der Waals surface area contributed by atoms with Crippen molar-refractivity contribution in [1.29, 1.82) is 0 Å². The molecular weight excluding hydrogens is 192 g/mol. The molecule has 2 saturated heterocycles. The van der Waals surface area contributed by atoms with Crippen LogP contribution >= 0.6 is 0 Å². The highest BCUT2D eigenvalue weighted by molar-refractivity contribution is 5.69. The summed E-state index contributed by atoms with van der Waals surface area (Å²) in [5, 5.41) is 3.33. The Morgan fingerprint density at radius 1 is 1.47 bits per heavy atom. The van der Waals surface area contributed by atoms with E-state index in [0.717, 1.165) is 19.6 Å². The summed E-state index contributed by atoms with van der Waals surface area (Å²) in [6, 6.07) is 0.538. The van der Waals surface area contributed by atoms with Gasteiger partial charge in [-0.1, -0.05) is 0 Å². The van der Waals surface area contributed by atoms with Crippen LogP contribution in [0.15, 0.2) is 0 Å². The van der Waals surface area contributed by atoms with Crippen molar-refractivity contribution in [3.05, 3.63) is 0 Å². The zero-order chi connectivity index (χ0) is 11.3. The molecular formula is C11H20N2O2. The van der Waals surface area contributed by atoms with Crippen LogP contribution in [0.5, 0.6) is 0 Å². The van der Waals surface area contributed by atoms with Crippen LogP contribution in [0.2, 0.25) is 0 Å². The Kier molecular flexibility index (Phi) is 2.23. The monoisotopic (exact) mass is 212 g/mol. The zero-order valence-corrected chi connectivity index (χ0v) is 9.96. The van der Waals surface area contributed by atoms with Gasteiger partial charge in [0.1, 0.15) is 5.60 Å². The Bertz CT molecular complexity index is 277. The van der Waals surface area contributed by atoms with Crippen molar-refractivity contribution in [2.24, 2.45) is 5.41 Å². The van der Waals surface area contributed by atoms with Crippen LogP contribution in [0, 0.1) is 5.41 Å². The van der Waals surface area contributed by atoms with Gasteiger partial charge in [0.05, 0.1) is 0 Å². The lowest BCUT2D eigenvalue weighted by atomic mass is 9.68. The van der Waals surface area contributed by atoms with Crippen LogP contribution in [0.3, 0.4) is 0 Å². The lowest BCUT2D eigenvalue weighted by Crippen LogP contribution is -2.76. The fraction of sp³-hybridized carbons (Fsp3) is 0.909. The lowest BCUT2D eigenvalue weighted by molar-refractivity contribution is -0.0792. The Balaban J connectivity index is 1.82. The topological polar surface area (TPSA) is 41.6 Å². The van der Waals surface area contributed by atoms with E-state index in [0.29, 0.717) is 11.5 Å². The standard InChI is InChI=1S/C11H20N2O2/c1-8-11(5-12-8)6-13(7-11)9(14)15-10(2,3)4/h8,12H,5-7H2,1-4H3. The van der Waals surface area contributed by atoms with Crippen molar-refractivity contribution in [3.63, 3.8) is 0 Å². The van der Waals surface area contributed by atoms with Crippen LogP contribution in [-0.4, -0.2) is 42.3 Å². The predicted octanol–water partition coefficient (Wildman–Crippen LogP) is 1.22. The molecule has 1 spiro atoms. The number of carbonyl (C=O) groups is 1. The summed E-state index contributed by atoms with van der Waals surface area (Å²) in [4.78, 5) is 13.5. The van der Waals surface area contributed by atoms with E-state index in [4.69, 9.17) is 4.74 Å². The molecule has 0 aromatic heterocycles. The van der Waals surface area contributed by atoms with Gasteiger partial charge in [-0.25, -0.2) is 4.79 Å². The van der Waals surface area contributed by atoms with Crippen molar-refractivity contribution >= 4 is 6.09 Å². The summed E-state index contributed by atoms with van der Waals surface area (Å²) in [6.45, 7) is 10.6. The SMILES string of the molecule is CC1NCC12CN(C(=O)OC(C)(C)C)C2. The molecule has 4 nitrogen and oxygen atoms in total. The molecule has 1 atom stereocenters. The minimum atomic E-state index is -0.386. The number of nitrogens with zero attached hydrogens (tertiary/aromatic N) is 1. The third-order valence-electron chi connectivity index (χ3n) is 3.34. The Hall–Kier alpha value is -0.770. The maximum absolute atomic E-state index is 11.7. The average Bonchev–Trinajstić information content (AvgIpc) is 1.95. The molecule has 0 aromatic rings. The van der Waals surface area contributed by atoms with Crippen molar-refractivity contribution < 1.29 is 9.53 Å². The second-order valence-corrected chi connectivity index (χ2v) is 5.80. The van der Waals surface area contributed by atoms with Gasteiger partial charge < -0.3 is 15.0 Å². The van der Waals surface area contributed by atoms with Gasteiger partial charge in [0, 0.05) is 31.1 Å². The average molecular weight is 212 g/mol. The molecule has 2 fully saturated rings. The first-order chi connectivity index (χ1) is 6.82. The van der Waals surface area contributed by atoms with E-state index in [1.807, 2.05) is 20.8 Å². The molecule has 86 valence electrons. The molecule has 2 aliphatic heterocycles. The summed E-state index contributed by atoms with van der Waals surface area (Å²) >= 11 is 0. The predicted molar refractivity (Wildman–Crippen MR) is 57.7 cm³/mol. The molecule has 0 radical (unpaired) electrons. The van der Waals surface area contributed by atoms with Crippen molar-refractivity contribution in [2.45, 2.75) is 39.3 Å². The minimum Gasteiger partial charge on any atom is -0.444 e. The molecule has 2 rings (SSSR count). The molecule has 0 bridgehead atoms. The van der Waals surface area contributed by atoms with E-state index in [9.17, 15) is 4.79 Å². The molecule has 0 aliphatic carbocycles. The first-order valence-electron chi connectivity index (χ1n) is 5.54. The Morgan fingerprint density at radius 3 is 2.40 bits per heavy atom. The van der Waals surface area contributed by atoms with Crippen LogP contribution in [0.4, 0.5) is 4.79 Å². The molecule has 2 heterocycles. The lowest BCUT2D eigenvalue weighted by Gasteiger charge is -2.59. The highest BCUT2D eigenvalue weighted by Crippen LogP contribution is 2.39. The molecule has 1 unspecified atom stereocenters. The number of rotatable bonds is 0. The minimum absolute atomic E-state index is 0.174. The van der Waals surface area contributed by atoms with Gasteiger partial charge in [0.15, 0.2) is 0 Å². The van der Waals surface area contributed by atoms with Gasteiger partial charge in [-0.05, 0) is 27.7 Å². The van der Waals surface area contributed by atoms with Gasteiger partial charge in [-0.2, -0.15) is 0 Å². The maximum atomic E-state index is 11.7. The molecule has 1 amide bonds. The summed E-state index contributed by atoms with van der Waals surface area (Å²) in [6.07, 6.45) is -0.174. The highest BCUT2D eigenvalue weighted by atomic mass is 16.6. The fourth-order valence-corrected chi connectivity index (χ4v) is 2.15. The third kappa shape index (κ3) is 1.83. The van der Waals surface area contributed by atoms with Crippen molar-refractivity contribution in [1.82, 2.24) is 10.2 Å². The summed E-state index contributed by atoms with van der Waals surface area (Å²) in [5.74, 6) is 0. The van der Waals surface area contributed by atoms with Crippen molar-refractivity contribution in [3.8, 4) is 0 Å². The quantitative estimate of drug-likeness (QED) is 0.656. The number of hydrogen-bond acceptors (Lipinski definition) is 3. The normalized spacial score (nSPS) is 28.3. The van der Waals surface area contributed by atoms with E-state index in [1.54, 1.807) is 4.90 Å². The molecule has 2 aliphatic rings. The highest BCUT2D eigenvalue weighted by Gasteiger charge is 2.54. The van der Waals surface area contributed by atoms with Crippen molar-refractivity contribution in [2.75, 3.05) is 19.6 Å². The van der Waals surface area contributed by atoms with Crippen LogP contribution in [0.1, 0.15) is 27.7 Å². The first kappa shape index (κ1) is 10.7. The molecule has 0 saturated carbocycles. The molecule has 4 heteroatoms. The second kappa shape index (κ2) is 3.11. The summed E-state index contributed by atoms with van der Waals surface area (Å²) in [7, 11) is 0. The largest absolute Gasteiger partial charge is 0.444 e.